The van der Waals surface area contributed by atoms with E-state index in [9.17, 15) is 23.1 Å². The average molecular weight is 493 g/mol. The first-order valence-electron chi connectivity index (χ1n) is 10.8. The summed E-state index contributed by atoms with van der Waals surface area (Å²) in [5, 5.41) is 18.7. The highest BCUT2D eigenvalue weighted by Gasteiger charge is 2.50. The van der Waals surface area contributed by atoms with Crippen LogP contribution in [0.15, 0.2) is 24.3 Å². The number of aryl methyl sites for hydroxylation is 1. The predicted molar refractivity (Wildman–Crippen MR) is 120 cm³/mol. The third kappa shape index (κ3) is 8.03. The molecular formula is C23H34F2O7S. The Labute approximate surface area is 194 Å². The van der Waals surface area contributed by atoms with Crippen LogP contribution in [-0.4, -0.2) is 61.2 Å². The molecule has 0 bridgehead atoms. The van der Waals surface area contributed by atoms with E-state index >= 15 is 8.78 Å². The summed E-state index contributed by atoms with van der Waals surface area (Å²) in [6, 6.07) is 6.45. The molecule has 0 amide bonds. The molecule has 0 spiro atoms. The molecule has 1 unspecified atom stereocenters. The number of hydrogen-bond acceptors (Lipinski definition) is 6. The lowest BCUT2D eigenvalue weighted by Gasteiger charge is -2.36. The Morgan fingerprint density at radius 2 is 1.76 bits per heavy atom. The van der Waals surface area contributed by atoms with Gasteiger partial charge in [-0.05, 0) is 37.8 Å². The van der Waals surface area contributed by atoms with Gasteiger partial charge in [0.2, 0.25) is 0 Å². The van der Waals surface area contributed by atoms with E-state index in [1.807, 2.05) is 0 Å². The first kappa shape index (κ1) is 29.0. The molecule has 0 heterocycles. The number of ether oxygens (including phenoxy) is 1. The Bertz CT molecular complexity index is 928. The van der Waals surface area contributed by atoms with E-state index in [2.05, 4.69) is 0 Å². The summed E-state index contributed by atoms with van der Waals surface area (Å²) in [7, 11) is -3.90. The molecule has 33 heavy (non-hydrogen) atoms. The Hall–Kier alpha value is -2.07. The van der Waals surface area contributed by atoms with Crippen LogP contribution in [0.5, 0.6) is 0 Å². The van der Waals surface area contributed by atoms with Crippen LogP contribution in [0.3, 0.4) is 0 Å². The van der Waals surface area contributed by atoms with E-state index in [-0.39, 0.29) is 19.0 Å². The summed E-state index contributed by atoms with van der Waals surface area (Å²) in [5.41, 5.74) is -2.61. The lowest BCUT2D eigenvalue weighted by atomic mass is 9.74. The fraction of sp³-hybridized carbons (Fsp3) is 0.652. The molecule has 7 nitrogen and oxygen atoms in total. The number of hydrogen-bond donors (Lipinski definition) is 2. The SMILES string of the molecule is CCOC(=O)CCc1cccc(C(C)(CCC(F)(F)C(C)(C)CS(=O)(=O)CCO)C(=O)O)c1. The predicted octanol–water partition coefficient (Wildman–Crippen LogP) is 3.37. The molecule has 1 aromatic rings. The number of aliphatic hydroxyl groups excluding tert-OH is 1. The number of aliphatic carboxylic acids is 1. The summed E-state index contributed by atoms with van der Waals surface area (Å²) < 4.78 is 59.0. The molecule has 1 atom stereocenters. The quantitative estimate of drug-likeness (QED) is 0.382. The lowest BCUT2D eigenvalue weighted by molar-refractivity contribution is -0.146. The van der Waals surface area contributed by atoms with Gasteiger partial charge in [0.1, 0.15) is 0 Å². The number of carbonyl (C=O) groups is 2. The first-order valence-corrected chi connectivity index (χ1v) is 12.6. The fourth-order valence-corrected chi connectivity index (χ4v) is 5.27. The number of sulfone groups is 1. The standard InChI is InChI=1S/C23H34F2O7S/c1-5-32-19(27)10-9-17-7-6-8-18(15-17)22(4,20(28)29)11-12-23(24,25)21(2,3)16-33(30,31)14-13-26/h6-8,15,26H,5,9-14,16H2,1-4H3,(H,28,29). The molecule has 188 valence electrons. The molecule has 2 N–H and O–H groups in total. The van der Waals surface area contributed by atoms with Gasteiger partial charge in [-0.1, -0.05) is 38.1 Å². The number of carbonyl (C=O) groups excluding carboxylic acids is 1. The molecule has 0 radical (unpaired) electrons. The van der Waals surface area contributed by atoms with Crippen molar-refractivity contribution in [1.29, 1.82) is 0 Å². The normalized spacial score (nSPS) is 14.5. The maximum absolute atomic E-state index is 15.1. The van der Waals surface area contributed by atoms with Crippen molar-refractivity contribution in [2.45, 2.75) is 64.7 Å². The van der Waals surface area contributed by atoms with Gasteiger partial charge in [-0.25, -0.2) is 17.2 Å². The van der Waals surface area contributed by atoms with Crippen LogP contribution >= 0.6 is 0 Å². The summed E-state index contributed by atoms with van der Waals surface area (Å²) >= 11 is 0. The second-order valence-corrected chi connectivity index (χ2v) is 11.2. The minimum atomic E-state index is -3.90. The van der Waals surface area contributed by atoms with Crippen LogP contribution in [0.25, 0.3) is 0 Å². The maximum Gasteiger partial charge on any atom is 0.313 e. The Kier molecular flexibility index (Phi) is 9.98. The van der Waals surface area contributed by atoms with E-state index in [1.54, 1.807) is 25.1 Å². The number of esters is 1. The van der Waals surface area contributed by atoms with Gasteiger partial charge < -0.3 is 14.9 Å². The molecule has 0 fully saturated rings. The van der Waals surface area contributed by atoms with Crippen molar-refractivity contribution in [3.8, 4) is 0 Å². The summed E-state index contributed by atoms with van der Waals surface area (Å²) in [4.78, 5) is 23.7. The molecule has 0 aromatic heterocycles. The Morgan fingerprint density at radius 3 is 2.30 bits per heavy atom. The summed E-state index contributed by atoms with van der Waals surface area (Å²) in [6.07, 6.45) is -0.853. The Morgan fingerprint density at radius 1 is 1.12 bits per heavy atom. The monoisotopic (exact) mass is 492 g/mol. The highest BCUT2D eigenvalue weighted by atomic mass is 32.2. The molecule has 1 aromatic carbocycles. The third-order valence-electron chi connectivity index (χ3n) is 5.87. The third-order valence-corrected chi connectivity index (χ3v) is 7.84. The zero-order valence-electron chi connectivity index (χ0n) is 19.6. The van der Waals surface area contributed by atoms with Crippen LogP contribution in [0.2, 0.25) is 0 Å². The van der Waals surface area contributed by atoms with Gasteiger partial charge in [-0.3, -0.25) is 9.59 Å². The lowest BCUT2D eigenvalue weighted by Crippen LogP contribution is -2.44. The van der Waals surface area contributed by atoms with Crippen LogP contribution in [0.4, 0.5) is 8.78 Å². The number of carboxylic acids is 1. The molecule has 0 saturated carbocycles. The zero-order chi connectivity index (χ0) is 25.5. The van der Waals surface area contributed by atoms with Crippen molar-refractivity contribution >= 4 is 21.8 Å². The molecule has 10 heteroatoms. The van der Waals surface area contributed by atoms with Crippen molar-refractivity contribution in [2.75, 3.05) is 24.7 Å². The van der Waals surface area contributed by atoms with Gasteiger partial charge in [-0.2, -0.15) is 0 Å². The number of carboxylic acid groups (broad SMARTS) is 1. The van der Waals surface area contributed by atoms with Crippen molar-refractivity contribution < 1.29 is 41.7 Å². The van der Waals surface area contributed by atoms with Crippen LogP contribution in [-0.2, 0) is 36.0 Å². The molecule has 0 aliphatic carbocycles. The van der Waals surface area contributed by atoms with Crippen molar-refractivity contribution in [1.82, 2.24) is 0 Å². The molecule has 0 saturated heterocycles. The number of aliphatic hydroxyl groups is 1. The number of halogens is 2. The average Bonchev–Trinajstić information content (AvgIpc) is 2.69. The fourth-order valence-electron chi connectivity index (χ4n) is 3.54. The van der Waals surface area contributed by atoms with Gasteiger partial charge in [-0.15, -0.1) is 0 Å². The van der Waals surface area contributed by atoms with Crippen molar-refractivity contribution in [3.63, 3.8) is 0 Å². The molecule has 0 aliphatic heterocycles. The van der Waals surface area contributed by atoms with Gasteiger partial charge in [0, 0.05) is 18.3 Å². The van der Waals surface area contributed by atoms with Gasteiger partial charge in [0.25, 0.3) is 5.92 Å². The highest BCUT2D eigenvalue weighted by Crippen LogP contribution is 2.44. The van der Waals surface area contributed by atoms with Gasteiger partial charge in [0.15, 0.2) is 9.84 Å². The van der Waals surface area contributed by atoms with E-state index in [1.165, 1.54) is 13.0 Å². The van der Waals surface area contributed by atoms with Crippen LogP contribution in [0, 0.1) is 5.41 Å². The minimum absolute atomic E-state index is 0.107. The summed E-state index contributed by atoms with van der Waals surface area (Å²) in [5.74, 6) is -6.60. The highest BCUT2D eigenvalue weighted by molar-refractivity contribution is 7.91. The topological polar surface area (TPSA) is 118 Å². The molecule has 0 aliphatic rings. The molecular weight excluding hydrogens is 458 g/mol. The second kappa shape index (κ2) is 11.4. The first-order chi connectivity index (χ1) is 15.1. The minimum Gasteiger partial charge on any atom is -0.481 e. The second-order valence-electron chi connectivity index (χ2n) is 9.05. The summed E-state index contributed by atoms with van der Waals surface area (Å²) in [6.45, 7) is 4.88. The van der Waals surface area contributed by atoms with E-state index in [0.29, 0.717) is 17.5 Å². The number of alkyl halides is 2. The zero-order valence-corrected chi connectivity index (χ0v) is 20.4. The van der Waals surface area contributed by atoms with Crippen LogP contribution in [0.1, 0.15) is 58.1 Å². The number of benzene rings is 1. The van der Waals surface area contributed by atoms with Gasteiger partial charge >= 0.3 is 11.9 Å². The molecule has 1 rings (SSSR count). The smallest absolute Gasteiger partial charge is 0.313 e. The van der Waals surface area contributed by atoms with Crippen LogP contribution < -0.4 is 0 Å². The largest absolute Gasteiger partial charge is 0.481 e. The van der Waals surface area contributed by atoms with E-state index < -0.39 is 63.5 Å². The maximum atomic E-state index is 15.1. The van der Waals surface area contributed by atoms with Crippen molar-refractivity contribution in [2.24, 2.45) is 5.41 Å². The van der Waals surface area contributed by atoms with Crippen molar-refractivity contribution in [3.05, 3.63) is 35.4 Å². The Balaban J connectivity index is 3.08. The van der Waals surface area contributed by atoms with E-state index in [0.717, 1.165) is 13.8 Å². The van der Waals surface area contributed by atoms with E-state index in [4.69, 9.17) is 9.84 Å². The van der Waals surface area contributed by atoms with Gasteiger partial charge in [0.05, 0.1) is 30.1 Å². The number of rotatable bonds is 14.